The van der Waals surface area contributed by atoms with Crippen LogP contribution < -0.4 is 0 Å². The molecule has 1 saturated heterocycles. The summed E-state index contributed by atoms with van der Waals surface area (Å²) in [6.45, 7) is -0.388. The van der Waals surface area contributed by atoms with E-state index in [-0.39, 0.29) is 53.5 Å². The van der Waals surface area contributed by atoms with E-state index >= 15 is 0 Å². The first kappa shape index (κ1) is 26.5. The maximum atomic E-state index is 13.3. The standard InChI is InChI=1S/C25H19N5O9/c31-23(16-1-7-20(8-2-16)28(34)35)19-13-26(24(32)17-3-9-21(10-4-17)29(36)37)15-27(14-19)25(33)18-5-11-22(12-6-18)30(38)39/h1-12,19H,13-15H2. The van der Waals surface area contributed by atoms with E-state index in [1.165, 1.54) is 58.3 Å². The van der Waals surface area contributed by atoms with E-state index in [0.717, 1.165) is 24.3 Å². The van der Waals surface area contributed by atoms with Gasteiger partial charge in [0.2, 0.25) is 0 Å². The SMILES string of the molecule is O=C(c1ccc([N+](=O)[O-])cc1)C1CN(C(=O)c2ccc([N+](=O)[O-])cc2)CN(C(=O)c2ccc([N+](=O)[O-])cc2)C1. The van der Waals surface area contributed by atoms with Crippen LogP contribution >= 0.6 is 0 Å². The summed E-state index contributed by atoms with van der Waals surface area (Å²) in [5, 5.41) is 32.9. The van der Waals surface area contributed by atoms with Gasteiger partial charge in [-0.15, -0.1) is 0 Å². The van der Waals surface area contributed by atoms with Crippen molar-refractivity contribution in [1.82, 2.24) is 9.80 Å². The van der Waals surface area contributed by atoms with E-state index in [0.29, 0.717) is 0 Å². The zero-order valence-electron chi connectivity index (χ0n) is 20.0. The molecule has 39 heavy (non-hydrogen) atoms. The Morgan fingerprint density at radius 2 is 0.872 bits per heavy atom. The third kappa shape index (κ3) is 5.74. The highest BCUT2D eigenvalue weighted by Gasteiger charge is 2.36. The van der Waals surface area contributed by atoms with Gasteiger partial charge in [-0.05, 0) is 36.4 Å². The first-order chi connectivity index (χ1) is 18.5. The van der Waals surface area contributed by atoms with Crippen LogP contribution in [0.5, 0.6) is 0 Å². The minimum absolute atomic E-state index is 0.0876. The average Bonchev–Trinajstić information content (AvgIpc) is 2.95. The second kappa shape index (κ2) is 10.8. The molecule has 14 nitrogen and oxygen atoms in total. The van der Waals surface area contributed by atoms with Crippen LogP contribution in [-0.4, -0.2) is 61.9 Å². The molecule has 0 radical (unpaired) electrons. The summed E-state index contributed by atoms with van der Waals surface area (Å²) in [6.07, 6.45) is 0. The third-order valence-electron chi connectivity index (χ3n) is 6.18. The molecule has 0 atom stereocenters. The Bertz CT molecular complexity index is 1290. The zero-order valence-corrected chi connectivity index (χ0v) is 20.0. The van der Waals surface area contributed by atoms with E-state index in [1.807, 2.05) is 0 Å². The number of non-ortho nitro benzene ring substituents is 3. The maximum absolute atomic E-state index is 13.3. The number of ketones is 1. The summed E-state index contributed by atoms with van der Waals surface area (Å²) in [5.41, 5.74) is -0.283. The molecule has 4 rings (SSSR count). The van der Waals surface area contributed by atoms with Crippen LogP contribution in [0.4, 0.5) is 17.1 Å². The number of nitrogens with zero attached hydrogens (tertiary/aromatic N) is 5. The van der Waals surface area contributed by atoms with E-state index in [9.17, 15) is 44.7 Å². The fourth-order valence-electron chi connectivity index (χ4n) is 4.17. The first-order valence-corrected chi connectivity index (χ1v) is 11.4. The lowest BCUT2D eigenvalue weighted by Gasteiger charge is -2.39. The highest BCUT2D eigenvalue weighted by atomic mass is 16.6. The first-order valence-electron chi connectivity index (χ1n) is 11.4. The molecule has 0 saturated carbocycles. The van der Waals surface area contributed by atoms with Gasteiger partial charge in [0, 0.05) is 66.2 Å². The van der Waals surface area contributed by atoms with Gasteiger partial charge in [-0.1, -0.05) is 0 Å². The average molecular weight is 533 g/mol. The van der Waals surface area contributed by atoms with Gasteiger partial charge in [0.05, 0.1) is 27.4 Å². The zero-order chi connectivity index (χ0) is 28.3. The van der Waals surface area contributed by atoms with E-state index < -0.39 is 38.3 Å². The Balaban J connectivity index is 1.63. The smallest absolute Gasteiger partial charge is 0.269 e. The molecule has 198 valence electrons. The summed E-state index contributed by atoms with van der Waals surface area (Å²) in [4.78, 5) is 73.5. The molecule has 3 aromatic carbocycles. The number of carbonyl (C=O) groups is 3. The number of nitro benzene ring substituents is 3. The van der Waals surface area contributed by atoms with Crippen LogP contribution in [0.2, 0.25) is 0 Å². The van der Waals surface area contributed by atoms with Crippen LogP contribution in [0.3, 0.4) is 0 Å². The van der Waals surface area contributed by atoms with Crippen LogP contribution in [0.15, 0.2) is 72.8 Å². The van der Waals surface area contributed by atoms with Gasteiger partial charge in [0.25, 0.3) is 28.9 Å². The largest absolute Gasteiger partial charge is 0.320 e. The highest BCUT2D eigenvalue weighted by molar-refractivity contribution is 6.01. The van der Waals surface area contributed by atoms with Crippen molar-refractivity contribution in [2.45, 2.75) is 0 Å². The van der Waals surface area contributed by atoms with Gasteiger partial charge < -0.3 is 9.80 Å². The van der Waals surface area contributed by atoms with Crippen molar-refractivity contribution in [3.63, 3.8) is 0 Å². The molecule has 0 aliphatic carbocycles. The Hall–Kier alpha value is -5.53. The highest BCUT2D eigenvalue weighted by Crippen LogP contribution is 2.24. The number of rotatable bonds is 7. The molecular weight excluding hydrogens is 514 g/mol. The maximum Gasteiger partial charge on any atom is 0.269 e. The van der Waals surface area contributed by atoms with Gasteiger partial charge >= 0.3 is 0 Å². The number of benzene rings is 3. The molecule has 0 aromatic heterocycles. The monoisotopic (exact) mass is 533 g/mol. The summed E-state index contributed by atoms with van der Waals surface area (Å²) in [7, 11) is 0. The van der Waals surface area contributed by atoms with E-state index in [1.54, 1.807) is 0 Å². The number of carbonyl (C=O) groups excluding carboxylic acids is 3. The molecule has 14 heteroatoms. The normalized spacial score (nSPS) is 13.5. The molecule has 3 aromatic rings. The number of nitro groups is 3. The fraction of sp³-hybridized carbons (Fsp3) is 0.160. The fourth-order valence-corrected chi connectivity index (χ4v) is 4.17. The molecule has 1 aliphatic heterocycles. The number of amides is 2. The molecule has 2 amide bonds. The lowest BCUT2D eigenvalue weighted by Crippen LogP contribution is -2.55. The van der Waals surface area contributed by atoms with Crippen molar-refractivity contribution in [2.75, 3.05) is 19.8 Å². The number of hydrogen-bond acceptors (Lipinski definition) is 9. The Morgan fingerprint density at radius 1 is 0.564 bits per heavy atom. The molecule has 1 aliphatic rings. The minimum atomic E-state index is -0.899. The van der Waals surface area contributed by atoms with Gasteiger partial charge in [0.15, 0.2) is 5.78 Å². The van der Waals surface area contributed by atoms with Crippen molar-refractivity contribution in [3.8, 4) is 0 Å². The Kier molecular flexibility index (Phi) is 7.37. The lowest BCUT2D eigenvalue weighted by atomic mass is 9.94. The van der Waals surface area contributed by atoms with Crippen molar-refractivity contribution in [3.05, 3.63) is 120 Å². The summed E-state index contributed by atoms with van der Waals surface area (Å²) in [5.74, 6) is -2.50. The minimum Gasteiger partial charge on any atom is -0.320 e. The van der Waals surface area contributed by atoms with Gasteiger partial charge in [-0.25, -0.2) is 0 Å². The second-order valence-electron chi connectivity index (χ2n) is 8.67. The Morgan fingerprint density at radius 3 is 1.18 bits per heavy atom. The molecule has 1 heterocycles. The predicted octanol–water partition coefficient (Wildman–Crippen LogP) is 3.47. The van der Waals surface area contributed by atoms with E-state index in [2.05, 4.69) is 0 Å². The lowest BCUT2D eigenvalue weighted by molar-refractivity contribution is -0.385. The van der Waals surface area contributed by atoms with Gasteiger partial charge in [-0.3, -0.25) is 44.7 Å². The van der Waals surface area contributed by atoms with Crippen LogP contribution in [-0.2, 0) is 0 Å². The predicted molar refractivity (Wildman–Crippen MR) is 134 cm³/mol. The van der Waals surface area contributed by atoms with Gasteiger partial charge in [-0.2, -0.15) is 0 Å². The Labute approximate surface area is 219 Å². The molecular formula is C25H19N5O9. The van der Waals surface area contributed by atoms with E-state index in [4.69, 9.17) is 0 Å². The van der Waals surface area contributed by atoms with Crippen LogP contribution in [0.1, 0.15) is 31.1 Å². The van der Waals surface area contributed by atoms with Crippen LogP contribution in [0.25, 0.3) is 0 Å². The molecule has 0 bridgehead atoms. The molecule has 0 spiro atoms. The molecule has 0 N–H and O–H groups in total. The number of Topliss-reactive ketones (excluding diaryl/α,β-unsaturated/α-hetero) is 1. The summed E-state index contributed by atoms with van der Waals surface area (Å²) < 4.78 is 0. The van der Waals surface area contributed by atoms with Crippen molar-refractivity contribution in [1.29, 1.82) is 0 Å². The van der Waals surface area contributed by atoms with Crippen LogP contribution in [0, 0.1) is 36.3 Å². The van der Waals surface area contributed by atoms with Crippen molar-refractivity contribution in [2.24, 2.45) is 5.92 Å². The third-order valence-corrected chi connectivity index (χ3v) is 6.18. The second-order valence-corrected chi connectivity index (χ2v) is 8.67. The number of hydrogen-bond donors (Lipinski definition) is 0. The molecule has 1 fully saturated rings. The summed E-state index contributed by atoms with van der Waals surface area (Å²) >= 11 is 0. The van der Waals surface area contributed by atoms with Crippen molar-refractivity contribution < 1.29 is 29.2 Å². The quantitative estimate of drug-likeness (QED) is 0.249. The van der Waals surface area contributed by atoms with Crippen molar-refractivity contribution >= 4 is 34.7 Å². The summed E-state index contributed by atoms with van der Waals surface area (Å²) in [6, 6.07) is 14.7. The topological polar surface area (TPSA) is 187 Å². The molecule has 0 unspecified atom stereocenters. The van der Waals surface area contributed by atoms with Gasteiger partial charge in [0.1, 0.15) is 0 Å².